The summed E-state index contributed by atoms with van der Waals surface area (Å²) in [5, 5.41) is 3.67. The highest BCUT2D eigenvalue weighted by molar-refractivity contribution is 5.68. The van der Waals surface area contributed by atoms with Crippen LogP contribution in [0.15, 0.2) is 30.7 Å². The Bertz CT molecular complexity index is 1140. The summed E-state index contributed by atoms with van der Waals surface area (Å²) in [5.74, 6) is 2.48. The number of nitrogens with zero attached hydrogens (tertiary/aromatic N) is 7. The Morgan fingerprint density at radius 3 is 2.40 bits per heavy atom. The van der Waals surface area contributed by atoms with Gasteiger partial charge >= 0.3 is 0 Å². The smallest absolute Gasteiger partial charge is 0.225 e. The van der Waals surface area contributed by atoms with Crippen LogP contribution < -0.4 is 15.1 Å². The van der Waals surface area contributed by atoms with Crippen molar-refractivity contribution in [3.05, 3.63) is 47.7 Å². The predicted molar refractivity (Wildman–Crippen MR) is 140 cm³/mol. The first kappa shape index (κ1) is 24.8. The minimum Gasteiger partial charge on any atom is -0.374 e. The topological polar surface area (TPSA) is 92.2 Å². The summed E-state index contributed by atoms with van der Waals surface area (Å²) in [7, 11) is 4.00. The molecule has 0 spiro atoms. The molecule has 1 fully saturated rings. The molecule has 1 N–H and O–H groups in total. The number of hydrogen-bond acceptors (Lipinski definition) is 9. The molecular formula is C26H36N8O. The molecule has 9 nitrogen and oxygen atoms in total. The summed E-state index contributed by atoms with van der Waals surface area (Å²) >= 11 is 0. The van der Waals surface area contributed by atoms with E-state index in [2.05, 4.69) is 52.0 Å². The third-order valence-corrected chi connectivity index (χ3v) is 6.32. The molecule has 186 valence electrons. The lowest BCUT2D eigenvalue weighted by Gasteiger charge is -2.22. The normalized spacial score (nSPS) is 17.6. The van der Waals surface area contributed by atoms with Crippen LogP contribution in [0.4, 0.5) is 17.6 Å². The van der Waals surface area contributed by atoms with Crippen molar-refractivity contribution in [3.8, 4) is 11.3 Å². The second-order valence-corrected chi connectivity index (χ2v) is 8.97. The van der Waals surface area contributed by atoms with Crippen molar-refractivity contribution in [3.63, 3.8) is 0 Å². The van der Waals surface area contributed by atoms with Crippen LogP contribution in [0.3, 0.4) is 0 Å². The van der Waals surface area contributed by atoms with Crippen LogP contribution in [0.5, 0.6) is 0 Å². The first-order valence-corrected chi connectivity index (χ1v) is 12.4. The second kappa shape index (κ2) is 10.9. The predicted octanol–water partition coefficient (Wildman–Crippen LogP) is 3.53. The molecule has 4 heterocycles. The van der Waals surface area contributed by atoms with E-state index in [-0.39, 0.29) is 12.1 Å². The van der Waals surface area contributed by atoms with Crippen LogP contribution in [-0.4, -0.2) is 70.9 Å². The molecule has 35 heavy (non-hydrogen) atoms. The quantitative estimate of drug-likeness (QED) is 0.498. The summed E-state index contributed by atoms with van der Waals surface area (Å²) in [5.41, 5.74) is 4.99. The number of ether oxygens (including phenoxy) is 1. The van der Waals surface area contributed by atoms with Gasteiger partial charge in [0, 0.05) is 57.9 Å². The van der Waals surface area contributed by atoms with Gasteiger partial charge in [-0.2, -0.15) is 0 Å². The van der Waals surface area contributed by atoms with Gasteiger partial charge in [0.2, 0.25) is 5.95 Å². The fourth-order valence-corrected chi connectivity index (χ4v) is 4.45. The lowest BCUT2D eigenvalue weighted by atomic mass is 10.0. The third kappa shape index (κ3) is 5.35. The van der Waals surface area contributed by atoms with E-state index < -0.39 is 0 Å². The van der Waals surface area contributed by atoms with Gasteiger partial charge in [-0.25, -0.2) is 24.9 Å². The Hall–Kier alpha value is -3.33. The van der Waals surface area contributed by atoms with Crippen LogP contribution in [0, 0.1) is 6.92 Å². The monoisotopic (exact) mass is 476 g/mol. The maximum atomic E-state index is 6.09. The molecule has 9 heteroatoms. The molecule has 0 saturated carbocycles. The molecule has 1 aliphatic heterocycles. The standard InChI is InChI=1S/C26H36N8O/c1-7-19-24(18-14-29-23(33(5)6)13-17(18)4)30-20(8-2)25(31-19)32-21-15-34(16-22(21)35-9-3)26-27-11-10-12-28-26/h10-14,21-22H,7-9,15-16H2,1-6H3,(H,31,32). The Balaban J connectivity index is 1.65. The van der Waals surface area contributed by atoms with Crippen molar-refractivity contribution in [2.75, 3.05) is 48.9 Å². The molecule has 1 saturated heterocycles. The first-order valence-electron chi connectivity index (χ1n) is 12.4. The van der Waals surface area contributed by atoms with E-state index in [1.165, 1.54) is 0 Å². The van der Waals surface area contributed by atoms with Crippen molar-refractivity contribution in [2.24, 2.45) is 0 Å². The van der Waals surface area contributed by atoms with Crippen LogP contribution in [-0.2, 0) is 17.6 Å². The fourth-order valence-electron chi connectivity index (χ4n) is 4.45. The number of pyridine rings is 1. The van der Waals surface area contributed by atoms with Crippen molar-refractivity contribution >= 4 is 17.6 Å². The average molecular weight is 477 g/mol. The molecule has 2 unspecified atom stereocenters. The van der Waals surface area contributed by atoms with Gasteiger partial charge in [0.05, 0.1) is 29.2 Å². The number of rotatable bonds is 9. The molecule has 0 radical (unpaired) electrons. The number of aromatic nitrogens is 5. The Morgan fingerprint density at radius 2 is 1.77 bits per heavy atom. The van der Waals surface area contributed by atoms with E-state index in [9.17, 15) is 0 Å². The van der Waals surface area contributed by atoms with Gasteiger partial charge < -0.3 is 19.9 Å². The summed E-state index contributed by atoms with van der Waals surface area (Å²) in [6.07, 6.45) is 7.01. The van der Waals surface area contributed by atoms with Crippen LogP contribution in [0.25, 0.3) is 11.3 Å². The summed E-state index contributed by atoms with van der Waals surface area (Å²) in [6.45, 7) is 10.5. The maximum absolute atomic E-state index is 6.09. The van der Waals surface area contributed by atoms with E-state index in [0.29, 0.717) is 6.61 Å². The molecule has 3 aromatic heterocycles. The minimum atomic E-state index is 0.00471. The zero-order chi connectivity index (χ0) is 24.9. The maximum Gasteiger partial charge on any atom is 0.225 e. The summed E-state index contributed by atoms with van der Waals surface area (Å²) < 4.78 is 6.09. The minimum absolute atomic E-state index is 0.00471. The lowest BCUT2D eigenvalue weighted by molar-refractivity contribution is 0.0719. The lowest BCUT2D eigenvalue weighted by Crippen LogP contribution is -2.35. The Morgan fingerprint density at radius 1 is 1.03 bits per heavy atom. The largest absolute Gasteiger partial charge is 0.374 e. The molecule has 0 aromatic carbocycles. The number of anilines is 3. The molecule has 0 aliphatic carbocycles. The van der Waals surface area contributed by atoms with Crippen molar-refractivity contribution in [2.45, 2.75) is 52.7 Å². The number of aryl methyl sites for hydroxylation is 3. The van der Waals surface area contributed by atoms with E-state index in [0.717, 1.165) is 71.7 Å². The molecule has 0 amide bonds. The first-order chi connectivity index (χ1) is 16.9. The van der Waals surface area contributed by atoms with Gasteiger partial charge in [-0.05, 0) is 44.4 Å². The summed E-state index contributed by atoms with van der Waals surface area (Å²) in [6, 6.07) is 3.98. The second-order valence-electron chi connectivity index (χ2n) is 8.97. The number of nitrogens with one attached hydrogen (secondary N) is 1. The summed E-state index contributed by atoms with van der Waals surface area (Å²) in [4.78, 5) is 27.8. The average Bonchev–Trinajstić information content (AvgIpc) is 3.26. The van der Waals surface area contributed by atoms with E-state index in [4.69, 9.17) is 14.7 Å². The van der Waals surface area contributed by atoms with Crippen molar-refractivity contribution in [1.82, 2.24) is 24.9 Å². The zero-order valence-electron chi connectivity index (χ0n) is 21.6. The molecule has 0 bridgehead atoms. The molecule has 4 rings (SSSR count). The van der Waals surface area contributed by atoms with Gasteiger partial charge in [0.1, 0.15) is 11.6 Å². The SMILES string of the molecule is CCOC1CN(c2ncccn2)CC1Nc1nc(CC)c(-c2cnc(N(C)C)cc2C)nc1CC. The van der Waals surface area contributed by atoms with E-state index in [1.54, 1.807) is 12.4 Å². The zero-order valence-corrected chi connectivity index (χ0v) is 21.6. The van der Waals surface area contributed by atoms with Crippen molar-refractivity contribution < 1.29 is 4.74 Å². The van der Waals surface area contributed by atoms with Crippen LogP contribution in [0.2, 0.25) is 0 Å². The fraction of sp³-hybridized carbons (Fsp3) is 0.500. The molecule has 3 aromatic rings. The Kier molecular flexibility index (Phi) is 7.75. The highest BCUT2D eigenvalue weighted by atomic mass is 16.5. The molecule has 1 aliphatic rings. The van der Waals surface area contributed by atoms with Gasteiger partial charge in [-0.15, -0.1) is 0 Å². The number of hydrogen-bond donors (Lipinski definition) is 1. The highest BCUT2D eigenvalue weighted by Gasteiger charge is 2.35. The van der Waals surface area contributed by atoms with E-state index >= 15 is 0 Å². The van der Waals surface area contributed by atoms with Gasteiger partial charge in [-0.3, -0.25) is 0 Å². The van der Waals surface area contributed by atoms with Gasteiger partial charge in [-0.1, -0.05) is 13.8 Å². The molecule has 2 atom stereocenters. The van der Waals surface area contributed by atoms with Crippen LogP contribution in [0.1, 0.15) is 37.7 Å². The van der Waals surface area contributed by atoms with Crippen LogP contribution >= 0.6 is 0 Å². The van der Waals surface area contributed by atoms with Gasteiger partial charge in [0.25, 0.3) is 0 Å². The third-order valence-electron chi connectivity index (χ3n) is 6.32. The van der Waals surface area contributed by atoms with Crippen molar-refractivity contribution in [1.29, 1.82) is 0 Å². The van der Waals surface area contributed by atoms with Gasteiger partial charge in [0.15, 0.2) is 0 Å². The Labute approximate surface area is 208 Å². The van der Waals surface area contributed by atoms with E-state index in [1.807, 2.05) is 38.2 Å². The molecular weight excluding hydrogens is 440 g/mol. The highest BCUT2D eigenvalue weighted by Crippen LogP contribution is 2.30.